The number of hydrogen-bond acceptors (Lipinski definition) is 2. The van der Waals surface area contributed by atoms with Gasteiger partial charge in [0.15, 0.2) is 48.1 Å². The van der Waals surface area contributed by atoms with Crippen molar-refractivity contribution in [1.29, 1.82) is 0 Å². The average molecular weight is 1350 g/mol. The van der Waals surface area contributed by atoms with Gasteiger partial charge in [0.1, 0.15) is 28.2 Å². The molecule has 0 aliphatic heterocycles. The Bertz CT molecular complexity index is 5670. The number of benzene rings is 10. The highest BCUT2D eigenvalue weighted by Gasteiger charge is 2.26. The molecule has 100 heavy (non-hydrogen) atoms. The quantitative estimate of drug-likeness (QED) is 0.106. The van der Waals surface area contributed by atoms with Crippen molar-refractivity contribution in [2.75, 3.05) is 0 Å². The van der Waals surface area contributed by atoms with Crippen LogP contribution < -0.4 is 18.3 Å². The molecular formula is C90H76F4N4S2+4. The minimum absolute atomic E-state index is 0.198. The molecule has 0 amide bonds. The van der Waals surface area contributed by atoms with Gasteiger partial charge in [-0.2, -0.15) is 35.8 Å². The number of pyridine rings is 4. The molecule has 0 fully saturated rings. The van der Waals surface area contributed by atoms with Gasteiger partial charge in [0, 0.05) is 36.5 Å². The van der Waals surface area contributed by atoms with Gasteiger partial charge in [-0.3, -0.25) is 0 Å². The number of rotatable bonds is 8. The molecule has 0 saturated carbocycles. The van der Waals surface area contributed by atoms with Gasteiger partial charge >= 0.3 is 0 Å². The fraction of sp³-hybridized carbons (Fsp3) is 0.111. The van der Waals surface area contributed by atoms with Gasteiger partial charge < -0.3 is 0 Å². The van der Waals surface area contributed by atoms with E-state index in [1.807, 2.05) is 232 Å². The lowest BCUT2D eigenvalue weighted by Crippen LogP contribution is -2.32. The number of hydrogen-bond donors (Lipinski definition) is 0. The first-order valence-corrected chi connectivity index (χ1v) is 35.0. The van der Waals surface area contributed by atoms with Crippen molar-refractivity contribution in [3.8, 4) is 89.5 Å². The molecule has 10 heteroatoms. The molecule has 0 radical (unpaired) electrons. The maximum Gasteiger partial charge on any atom is 0.248 e. The second-order valence-corrected chi connectivity index (χ2v) is 27.9. The molecule has 0 N–H and O–H groups in total. The number of thiophene rings is 2. The van der Waals surface area contributed by atoms with Crippen molar-refractivity contribution in [2.45, 2.75) is 41.5 Å². The summed E-state index contributed by atoms with van der Waals surface area (Å²) in [5.41, 5.74) is 19.4. The molecule has 0 unspecified atom stereocenters. The Labute approximate surface area is 590 Å². The van der Waals surface area contributed by atoms with E-state index in [2.05, 4.69) is 110 Å². The van der Waals surface area contributed by atoms with Crippen LogP contribution in [-0.2, 0) is 28.2 Å². The third-order valence-electron chi connectivity index (χ3n) is 18.7. The van der Waals surface area contributed by atoms with Crippen molar-refractivity contribution in [2.24, 2.45) is 28.2 Å². The van der Waals surface area contributed by atoms with Crippen LogP contribution in [0.1, 0.15) is 32.7 Å². The summed E-state index contributed by atoms with van der Waals surface area (Å²) in [6.45, 7) is 12.3. The van der Waals surface area contributed by atoms with Crippen LogP contribution in [0.5, 0.6) is 0 Å². The maximum atomic E-state index is 15.1. The first kappa shape index (κ1) is 67.5. The van der Waals surface area contributed by atoms with Gasteiger partial charge in [-0.05, 0) is 214 Å². The topological polar surface area (TPSA) is 15.5 Å². The molecule has 0 saturated heterocycles. The molecule has 0 bridgehead atoms. The molecule has 492 valence electrons. The van der Waals surface area contributed by atoms with E-state index in [0.29, 0.717) is 22.8 Å². The van der Waals surface area contributed by atoms with Gasteiger partial charge in [-0.15, -0.1) is 22.7 Å². The van der Waals surface area contributed by atoms with Crippen LogP contribution in [0.25, 0.3) is 131 Å². The van der Waals surface area contributed by atoms with Gasteiger partial charge in [0.05, 0.1) is 22.3 Å². The average Bonchev–Trinajstić information content (AvgIpc) is 0.925. The van der Waals surface area contributed by atoms with E-state index in [4.69, 9.17) is 0 Å². The van der Waals surface area contributed by atoms with Gasteiger partial charge in [-0.25, -0.2) is 0 Å². The lowest BCUT2D eigenvalue weighted by Gasteiger charge is -2.11. The van der Waals surface area contributed by atoms with Crippen molar-refractivity contribution < 1.29 is 35.8 Å². The van der Waals surface area contributed by atoms with Crippen LogP contribution in [0.3, 0.4) is 0 Å². The monoisotopic (exact) mass is 1350 g/mol. The molecule has 16 aromatic rings. The molecule has 10 aromatic carbocycles. The Morgan fingerprint density at radius 1 is 0.260 bits per heavy atom. The van der Waals surface area contributed by atoms with Gasteiger partial charge in [0.2, 0.25) is 22.8 Å². The van der Waals surface area contributed by atoms with E-state index < -0.39 is 0 Å². The number of nitrogens with zero attached hydrogens (tertiary/aromatic N) is 4. The highest BCUT2D eigenvalue weighted by Crippen LogP contribution is 2.37. The first-order valence-electron chi connectivity index (χ1n) is 33.3. The zero-order valence-electron chi connectivity index (χ0n) is 57.7. The van der Waals surface area contributed by atoms with E-state index in [1.165, 1.54) is 36.0 Å². The summed E-state index contributed by atoms with van der Waals surface area (Å²) in [5.74, 6) is -0.809. The Hall–Kier alpha value is -11.0. The standard InChI is InChI=1S/C24H21FN.C23H19FN.C22H19FNS.C21H17FNS/c1-16-8-4-5-10-20(16)24-23(25)14-18(15-26(24)3)21-13-12-17(2)19-9-6-7-11-22(19)21;1-16-8-3-5-11-19(16)23-22(24)14-18(15-25(23)2)21-13-7-10-17-9-4-6-12-20(17)21;1-14-6-4-5-7-19(14)22-20(23)12-18(13-24(22)3)16-8-9-21-17(11-16)10-15(2)25-21;1-14-5-3-4-6-18(14)21-19(22)12-17(13-23(21)2)15-7-8-20-16(11-15)9-10-24-20/h4-15H,1-3H3;3-15H,1-2H3;4-13H,1-3H3;3-13H,1-2H3/q4*+1. The van der Waals surface area contributed by atoms with Crippen LogP contribution in [0.4, 0.5) is 17.6 Å². The van der Waals surface area contributed by atoms with Crippen molar-refractivity contribution in [1.82, 2.24) is 0 Å². The maximum absolute atomic E-state index is 15.1. The summed E-state index contributed by atoms with van der Waals surface area (Å²) in [5, 5.41) is 9.14. The molecule has 16 rings (SSSR count). The van der Waals surface area contributed by atoms with E-state index in [9.17, 15) is 8.78 Å². The smallest absolute Gasteiger partial charge is 0.200 e. The summed E-state index contributed by atoms with van der Waals surface area (Å²) >= 11 is 3.50. The molecule has 0 aliphatic carbocycles. The summed E-state index contributed by atoms with van der Waals surface area (Å²) in [6.07, 6.45) is 8.03. The molecular weight excluding hydrogens is 1280 g/mol. The zero-order chi connectivity index (χ0) is 69.9. The van der Waals surface area contributed by atoms with E-state index >= 15 is 8.78 Å². The third kappa shape index (κ3) is 14.0. The van der Waals surface area contributed by atoms with E-state index in [0.717, 1.165) is 105 Å². The Kier molecular flexibility index (Phi) is 19.7. The number of aryl methyl sites for hydroxylation is 10. The molecule has 6 aromatic heterocycles. The van der Waals surface area contributed by atoms with Crippen LogP contribution in [0, 0.1) is 64.8 Å². The SMILES string of the molecule is Cc1cc2cc(-c3cc(F)c(-c4ccccc4C)[n+](C)c3)ccc2s1.Cc1ccccc1-c1c(F)cc(-c2ccc(C)c3ccccc23)c[n+]1C.Cc1ccccc1-c1c(F)cc(-c2ccc3sccc3c2)c[n+]1C.Cc1ccccc1-c1c(F)cc(-c2cccc3ccccc23)c[n+]1C. The third-order valence-corrected chi connectivity index (χ3v) is 20.6. The second kappa shape index (κ2) is 29.2. The Morgan fingerprint density at radius 2 is 0.630 bits per heavy atom. The number of halogens is 4. The van der Waals surface area contributed by atoms with Gasteiger partial charge in [0.25, 0.3) is 0 Å². The fourth-order valence-electron chi connectivity index (χ4n) is 13.7. The highest BCUT2D eigenvalue weighted by molar-refractivity contribution is 7.19. The number of fused-ring (bicyclic) bond motifs is 4. The molecule has 4 nitrogen and oxygen atoms in total. The largest absolute Gasteiger partial charge is 0.248 e. The van der Waals surface area contributed by atoms with Crippen molar-refractivity contribution >= 4 is 64.4 Å². The Balaban J connectivity index is 0.000000120. The summed E-state index contributed by atoms with van der Waals surface area (Å²) in [4.78, 5) is 1.29. The minimum Gasteiger partial charge on any atom is -0.200 e. The fourth-order valence-corrected chi connectivity index (χ4v) is 15.3. The normalized spacial score (nSPS) is 11.1. The first-order chi connectivity index (χ1) is 48.4. The minimum atomic E-state index is -0.206. The van der Waals surface area contributed by atoms with Crippen molar-refractivity contribution in [3.63, 3.8) is 0 Å². The molecule has 0 atom stereocenters. The molecule has 6 heterocycles. The lowest BCUT2D eigenvalue weighted by molar-refractivity contribution is -0.661. The molecule has 0 spiro atoms. The Morgan fingerprint density at radius 3 is 1.10 bits per heavy atom. The van der Waals surface area contributed by atoms with Crippen molar-refractivity contribution in [3.05, 3.63) is 335 Å². The predicted octanol–water partition coefficient (Wildman–Crippen LogP) is 22.5. The predicted molar refractivity (Wildman–Crippen MR) is 408 cm³/mol. The van der Waals surface area contributed by atoms with Crippen LogP contribution in [0.15, 0.2) is 279 Å². The van der Waals surface area contributed by atoms with Gasteiger partial charge in [-0.1, -0.05) is 164 Å². The van der Waals surface area contributed by atoms with Crippen LogP contribution in [-0.4, -0.2) is 0 Å². The number of aromatic nitrogens is 4. The zero-order valence-corrected chi connectivity index (χ0v) is 59.3. The summed E-state index contributed by atoms with van der Waals surface area (Å²) < 4.78 is 70.1. The summed E-state index contributed by atoms with van der Waals surface area (Å²) in [7, 11) is 7.61. The lowest BCUT2D eigenvalue weighted by atomic mass is 9.95. The molecule has 0 aliphatic rings. The van der Waals surface area contributed by atoms with Crippen LogP contribution >= 0.6 is 22.7 Å². The summed E-state index contributed by atoms with van der Waals surface area (Å²) in [6, 6.07) is 81.9. The van der Waals surface area contributed by atoms with E-state index in [1.54, 1.807) is 46.9 Å². The van der Waals surface area contributed by atoms with E-state index in [-0.39, 0.29) is 23.3 Å². The van der Waals surface area contributed by atoms with Crippen LogP contribution in [0.2, 0.25) is 0 Å². The second-order valence-electron chi connectivity index (χ2n) is 25.7. The highest BCUT2D eigenvalue weighted by atomic mass is 32.1.